The molecule has 0 atom stereocenters. The molecule has 2 heterocycles. The van der Waals surface area contributed by atoms with Crippen LogP contribution in [0, 0.1) is 11.6 Å². The van der Waals surface area contributed by atoms with E-state index in [1.54, 1.807) is 0 Å². The summed E-state index contributed by atoms with van der Waals surface area (Å²) in [7, 11) is 0. The highest BCUT2D eigenvalue weighted by atomic mass is 19.2. The molecule has 0 spiro atoms. The zero-order valence-electron chi connectivity index (χ0n) is 11.2. The highest BCUT2D eigenvalue weighted by Crippen LogP contribution is 2.22. The third-order valence-corrected chi connectivity index (χ3v) is 3.53. The topological polar surface area (TPSA) is 61.5 Å². The predicted octanol–water partition coefficient (Wildman–Crippen LogP) is 3.35. The van der Waals surface area contributed by atoms with E-state index >= 15 is 0 Å². The highest BCUT2D eigenvalue weighted by molar-refractivity contribution is 5.85. The summed E-state index contributed by atoms with van der Waals surface area (Å²) in [6, 6.07) is 10.9. The van der Waals surface area contributed by atoms with Crippen LogP contribution in [0.15, 0.2) is 47.3 Å². The molecule has 0 fully saturated rings. The maximum absolute atomic E-state index is 13.4. The minimum absolute atomic E-state index is 0.240. The van der Waals surface area contributed by atoms with E-state index in [0.717, 1.165) is 23.2 Å². The number of H-pyrrole nitrogens is 2. The molecule has 0 aliphatic heterocycles. The van der Waals surface area contributed by atoms with Crippen LogP contribution in [0.4, 0.5) is 8.78 Å². The Morgan fingerprint density at radius 1 is 0.909 bits per heavy atom. The number of nitrogens with one attached hydrogen (secondary N) is 2. The fourth-order valence-electron chi connectivity index (χ4n) is 2.46. The van der Waals surface area contributed by atoms with E-state index in [0.29, 0.717) is 11.2 Å². The molecule has 0 bridgehead atoms. The van der Waals surface area contributed by atoms with Crippen molar-refractivity contribution in [2.24, 2.45) is 0 Å². The van der Waals surface area contributed by atoms with Crippen LogP contribution in [0.1, 0.15) is 0 Å². The second-order valence-electron chi connectivity index (χ2n) is 4.97. The summed E-state index contributed by atoms with van der Waals surface area (Å²) in [6.07, 6.45) is 0. The molecule has 0 aliphatic carbocycles. The molecule has 0 radical (unpaired) electrons. The summed E-state index contributed by atoms with van der Waals surface area (Å²) in [4.78, 5) is 22.1. The molecule has 0 unspecified atom stereocenters. The summed E-state index contributed by atoms with van der Waals surface area (Å²) in [5, 5.41) is 0.397. The Morgan fingerprint density at radius 3 is 2.50 bits per heavy atom. The Labute approximate surface area is 122 Å². The number of rotatable bonds is 1. The molecule has 0 aliphatic rings. The van der Waals surface area contributed by atoms with Gasteiger partial charge in [0, 0.05) is 11.5 Å². The Morgan fingerprint density at radius 2 is 1.68 bits per heavy atom. The van der Waals surface area contributed by atoms with Crippen LogP contribution < -0.4 is 5.56 Å². The number of hydrogen-bond donors (Lipinski definition) is 2. The number of pyridine rings is 1. The first-order chi connectivity index (χ1) is 10.6. The van der Waals surface area contributed by atoms with E-state index in [2.05, 4.69) is 15.0 Å². The van der Waals surface area contributed by atoms with E-state index in [9.17, 15) is 13.6 Å². The van der Waals surface area contributed by atoms with Crippen LogP contribution >= 0.6 is 0 Å². The minimum Gasteiger partial charge on any atom is -0.338 e. The lowest BCUT2D eigenvalue weighted by Crippen LogP contribution is -2.09. The van der Waals surface area contributed by atoms with Crippen molar-refractivity contribution in [3.8, 4) is 11.4 Å². The van der Waals surface area contributed by atoms with Gasteiger partial charge in [0.1, 0.15) is 5.82 Å². The number of imidazole rings is 1. The summed E-state index contributed by atoms with van der Waals surface area (Å²) < 4.78 is 26.6. The van der Waals surface area contributed by atoms with Crippen molar-refractivity contribution in [1.82, 2.24) is 15.0 Å². The third kappa shape index (κ3) is 1.88. The molecule has 2 aromatic carbocycles. The zero-order chi connectivity index (χ0) is 15.3. The fraction of sp³-hybridized carbons (Fsp3) is 0. The van der Waals surface area contributed by atoms with Gasteiger partial charge in [0.05, 0.1) is 22.1 Å². The molecule has 0 saturated heterocycles. The second-order valence-corrected chi connectivity index (χ2v) is 4.97. The largest absolute Gasteiger partial charge is 0.338 e. The fourth-order valence-corrected chi connectivity index (χ4v) is 2.46. The van der Waals surface area contributed by atoms with Gasteiger partial charge in [0.25, 0.3) is 5.56 Å². The molecule has 4 nitrogen and oxygen atoms in total. The van der Waals surface area contributed by atoms with Gasteiger partial charge in [-0.05, 0) is 24.3 Å². The number of fused-ring (bicyclic) bond motifs is 2. The van der Waals surface area contributed by atoms with E-state index < -0.39 is 17.2 Å². The van der Waals surface area contributed by atoms with Crippen molar-refractivity contribution in [1.29, 1.82) is 0 Å². The predicted molar refractivity (Wildman–Crippen MR) is 79.6 cm³/mol. The summed E-state index contributed by atoms with van der Waals surface area (Å²) in [5.41, 5.74) is 1.61. The zero-order valence-corrected chi connectivity index (χ0v) is 11.2. The van der Waals surface area contributed by atoms with Crippen LogP contribution in [0.5, 0.6) is 0 Å². The van der Waals surface area contributed by atoms with Crippen molar-refractivity contribution >= 4 is 21.9 Å². The van der Waals surface area contributed by atoms with Crippen molar-refractivity contribution in [3.63, 3.8) is 0 Å². The maximum Gasteiger partial charge on any atom is 0.259 e. The molecule has 2 aromatic heterocycles. The molecule has 22 heavy (non-hydrogen) atoms. The van der Waals surface area contributed by atoms with Gasteiger partial charge in [-0.2, -0.15) is 0 Å². The number of hydrogen-bond acceptors (Lipinski definition) is 2. The van der Waals surface area contributed by atoms with Crippen molar-refractivity contribution in [2.45, 2.75) is 0 Å². The van der Waals surface area contributed by atoms with Gasteiger partial charge in [-0.25, -0.2) is 13.8 Å². The molecule has 6 heteroatoms. The Kier molecular flexibility index (Phi) is 2.59. The molecule has 0 amide bonds. The number of aromatic amines is 2. The van der Waals surface area contributed by atoms with Crippen LogP contribution in [0.25, 0.3) is 33.3 Å². The van der Waals surface area contributed by atoms with Crippen LogP contribution in [0.2, 0.25) is 0 Å². The molecule has 2 N–H and O–H groups in total. The molecule has 4 aromatic rings. The molecule has 4 rings (SSSR count). The van der Waals surface area contributed by atoms with Crippen molar-refractivity contribution in [3.05, 3.63) is 64.5 Å². The minimum atomic E-state index is -1.00. The Bertz CT molecular complexity index is 1050. The van der Waals surface area contributed by atoms with Crippen LogP contribution in [-0.2, 0) is 0 Å². The van der Waals surface area contributed by atoms with Crippen LogP contribution in [-0.4, -0.2) is 15.0 Å². The van der Waals surface area contributed by atoms with E-state index in [1.165, 1.54) is 6.07 Å². The van der Waals surface area contributed by atoms with E-state index in [4.69, 9.17) is 0 Å². The van der Waals surface area contributed by atoms with Crippen LogP contribution in [0.3, 0.4) is 0 Å². The summed E-state index contributed by atoms with van der Waals surface area (Å²) >= 11 is 0. The average molecular weight is 297 g/mol. The maximum atomic E-state index is 13.4. The van der Waals surface area contributed by atoms with E-state index in [-0.39, 0.29) is 11.1 Å². The summed E-state index contributed by atoms with van der Waals surface area (Å²) in [6.45, 7) is 0. The number of aromatic nitrogens is 3. The number of nitrogens with zero attached hydrogens (tertiary/aromatic N) is 1. The first-order valence-corrected chi connectivity index (χ1v) is 6.59. The molecule has 108 valence electrons. The van der Waals surface area contributed by atoms with Crippen molar-refractivity contribution < 1.29 is 8.78 Å². The van der Waals surface area contributed by atoms with Gasteiger partial charge in [-0.15, -0.1) is 0 Å². The SMILES string of the molecule is O=c1[nH]c2cc(F)c(F)cc2cc1-c1nc2ccccc2[nH]1. The first-order valence-electron chi connectivity index (χ1n) is 6.59. The average Bonchev–Trinajstić information content (AvgIpc) is 2.92. The van der Waals surface area contributed by atoms with Gasteiger partial charge >= 0.3 is 0 Å². The van der Waals surface area contributed by atoms with Gasteiger partial charge in [-0.3, -0.25) is 4.79 Å². The normalized spacial score (nSPS) is 11.4. The molecule has 0 saturated carbocycles. The summed E-state index contributed by atoms with van der Waals surface area (Å²) in [5.74, 6) is -1.58. The lowest BCUT2D eigenvalue weighted by Gasteiger charge is -2.02. The lowest BCUT2D eigenvalue weighted by molar-refractivity contribution is 0.510. The molecular formula is C16H9F2N3O. The smallest absolute Gasteiger partial charge is 0.259 e. The van der Waals surface area contributed by atoms with Gasteiger partial charge in [0.15, 0.2) is 11.6 Å². The number of para-hydroxylation sites is 2. The van der Waals surface area contributed by atoms with E-state index in [1.807, 2.05) is 24.3 Å². The van der Waals surface area contributed by atoms with Gasteiger partial charge in [0.2, 0.25) is 0 Å². The van der Waals surface area contributed by atoms with Crippen molar-refractivity contribution in [2.75, 3.05) is 0 Å². The molecular weight excluding hydrogens is 288 g/mol. The first kappa shape index (κ1) is 12.7. The quantitative estimate of drug-likeness (QED) is 0.566. The second kappa shape index (κ2) is 4.49. The number of halogens is 2. The standard InChI is InChI=1S/C16H9F2N3O/c17-10-6-8-5-9(16(22)21-14(8)7-11(10)18)15-19-12-3-1-2-4-13(12)20-15/h1-7H,(H,19,20)(H,21,22). The lowest BCUT2D eigenvalue weighted by atomic mass is 10.1. The van der Waals surface area contributed by atoms with Gasteiger partial charge < -0.3 is 9.97 Å². The van der Waals surface area contributed by atoms with Gasteiger partial charge in [-0.1, -0.05) is 12.1 Å². The highest BCUT2D eigenvalue weighted by Gasteiger charge is 2.12. The third-order valence-electron chi connectivity index (χ3n) is 3.53. The number of benzene rings is 2. The Balaban J connectivity index is 1.99. The Hall–Kier alpha value is -3.02. The monoisotopic (exact) mass is 297 g/mol.